The lowest BCUT2D eigenvalue weighted by Gasteiger charge is -2.24. The SMILES string of the molecule is Cn1cc(CC(=O)N2C[C@H](O)C[C@@H]2c2ccc(F)c(F)c2)cn1. The highest BCUT2D eigenvalue weighted by Crippen LogP contribution is 2.33. The number of benzene rings is 1. The molecule has 3 rings (SSSR count). The lowest BCUT2D eigenvalue weighted by Crippen LogP contribution is -2.33. The smallest absolute Gasteiger partial charge is 0.227 e. The molecular formula is C16H17F2N3O2. The van der Waals surface area contributed by atoms with Crippen LogP contribution in [0, 0.1) is 11.6 Å². The van der Waals surface area contributed by atoms with Crippen LogP contribution in [0.15, 0.2) is 30.6 Å². The Balaban J connectivity index is 1.81. The fraction of sp³-hybridized carbons (Fsp3) is 0.375. The second-order valence-electron chi connectivity index (χ2n) is 5.82. The summed E-state index contributed by atoms with van der Waals surface area (Å²) in [4.78, 5) is 14.0. The van der Waals surface area contributed by atoms with Crippen LogP contribution in [0.4, 0.5) is 8.78 Å². The van der Waals surface area contributed by atoms with Crippen molar-refractivity contribution >= 4 is 5.91 Å². The van der Waals surface area contributed by atoms with Gasteiger partial charge in [-0.15, -0.1) is 0 Å². The third kappa shape index (κ3) is 3.24. The number of aryl methyl sites for hydroxylation is 1. The number of β-amino-alcohol motifs (C(OH)–C–C–N with tert-alkyl or cyclic N) is 1. The molecule has 2 aromatic rings. The number of carbonyl (C=O) groups is 1. The summed E-state index contributed by atoms with van der Waals surface area (Å²) in [5.74, 6) is -2.06. The molecule has 1 N–H and O–H groups in total. The number of hydrogen-bond donors (Lipinski definition) is 1. The Kier molecular flexibility index (Phi) is 4.12. The van der Waals surface area contributed by atoms with Gasteiger partial charge in [0.25, 0.3) is 0 Å². The zero-order valence-corrected chi connectivity index (χ0v) is 12.6. The van der Waals surface area contributed by atoms with Crippen LogP contribution in [0.2, 0.25) is 0 Å². The van der Waals surface area contributed by atoms with Crippen LogP contribution in [-0.4, -0.2) is 38.3 Å². The number of aliphatic hydroxyl groups is 1. The molecule has 1 saturated heterocycles. The number of aliphatic hydroxyl groups excluding tert-OH is 1. The van der Waals surface area contributed by atoms with E-state index in [2.05, 4.69) is 5.10 Å². The number of rotatable bonds is 3. The van der Waals surface area contributed by atoms with Gasteiger partial charge >= 0.3 is 0 Å². The zero-order chi connectivity index (χ0) is 16.6. The van der Waals surface area contributed by atoms with Crippen LogP contribution in [0.1, 0.15) is 23.6 Å². The van der Waals surface area contributed by atoms with Gasteiger partial charge in [-0.1, -0.05) is 6.07 Å². The molecule has 0 spiro atoms. The van der Waals surface area contributed by atoms with Crippen molar-refractivity contribution < 1.29 is 18.7 Å². The first-order chi connectivity index (χ1) is 10.9. The van der Waals surface area contributed by atoms with Gasteiger partial charge < -0.3 is 10.0 Å². The lowest BCUT2D eigenvalue weighted by molar-refractivity contribution is -0.131. The summed E-state index contributed by atoms with van der Waals surface area (Å²) in [6, 6.07) is 3.12. The minimum absolute atomic E-state index is 0.154. The Bertz CT molecular complexity index is 732. The molecule has 23 heavy (non-hydrogen) atoms. The molecule has 7 heteroatoms. The van der Waals surface area contributed by atoms with Crippen molar-refractivity contribution in [3.8, 4) is 0 Å². The topological polar surface area (TPSA) is 58.4 Å². The maximum Gasteiger partial charge on any atom is 0.227 e. The predicted molar refractivity (Wildman–Crippen MR) is 78.3 cm³/mol. The molecule has 0 aliphatic carbocycles. The molecule has 0 bridgehead atoms. The van der Waals surface area contributed by atoms with Crippen molar-refractivity contribution in [2.45, 2.75) is 25.0 Å². The molecular weight excluding hydrogens is 304 g/mol. The maximum absolute atomic E-state index is 13.5. The fourth-order valence-corrected chi connectivity index (χ4v) is 2.96. The minimum atomic E-state index is -0.955. The second kappa shape index (κ2) is 6.08. The number of hydrogen-bond acceptors (Lipinski definition) is 3. The molecule has 2 atom stereocenters. The van der Waals surface area contributed by atoms with Gasteiger partial charge in [0, 0.05) is 19.8 Å². The van der Waals surface area contributed by atoms with E-state index in [9.17, 15) is 18.7 Å². The Morgan fingerprint density at radius 1 is 1.39 bits per heavy atom. The molecule has 0 saturated carbocycles. The summed E-state index contributed by atoms with van der Waals surface area (Å²) in [5.41, 5.74) is 1.25. The van der Waals surface area contributed by atoms with Crippen LogP contribution in [0.5, 0.6) is 0 Å². The summed E-state index contributed by atoms with van der Waals surface area (Å²) in [6.45, 7) is 0.183. The molecule has 1 aliphatic heterocycles. The molecule has 1 fully saturated rings. The lowest BCUT2D eigenvalue weighted by atomic mass is 10.0. The normalized spacial score (nSPS) is 21.0. The first kappa shape index (κ1) is 15.6. The molecule has 2 heterocycles. The van der Waals surface area contributed by atoms with Crippen molar-refractivity contribution in [2.24, 2.45) is 7.05 Å². The summed E-state index contributed by atoms with van der Waals surface area (Å²) < 4.78 is 28.2. The van der Waals surface area contributed by atoms with Crippen molar-refractivity contribution in [3.05, 3.63) is 53.4 Å². The largest absolute Gasteiger partial charge is 0.391 e. The van der Waals surface area contributed by atoms with Crippen LogP contribution in [0.3, 0.4) is 0 Å². The van der Waals surface area contributed by atoms with E-state index in [0.29, 0.717) is 12.0 Å². The fourth-order valence-electron chi connectivity index (χ4n) is 2.96. The Morgan fingerprint density at radius 2 is 2.17 bits per heavy atom. The summed E-state index contributed by atoms with van der Waals surface area (Å²) in [6.07, 6.45) is 3.14. The average Bonchev–Trinajstić information content (AvgIpc) is 3.08. The number of amides is 1. The van der Waals surface area contributed by atoms with E-state index >= 15 is 0 Å². The van der Waals surface area contributed by atoms with Crippen molar-refractivity contribution in [2.75, 3.05) is 6.54 Å². The minimum Gasteiger partial charge on any atom is -0.391 e. The first-order valence-electron chi connectivity index (χ1n) is 7.34. The number of halogens is 2. The highest BCUT2D eigenvalue weighted by Gasteiger charge is 2.35. The monoisotopic (exact) mass is 321 g/mol. The third-order valence-corrected chi connectivity index (χ3v) is 4.04. The molecule has 0 radical (unpaired) electrons. The van der Waals surface area contributed by atoms with Gasteiger partial charge in [-0.2, -0.15) is 5.10 Å². The van der Waals surface area contributed by atoms with Crippen molar-refractivity contribution in [1.29, 1.82) is 0 Å². The molecule has 0 unspecified atom stereocenters. The van der Waals surface area contributed by atoms with Crippen LogP contribution >= 0.6 is 0 Å². The second-order valence-corrected chi connectivity index (χ2v) is 5.82. The van der Waals surface area contributed by atoms with E-state index in [4.69, 9.17) is 0 Å². The van der Waals surface area contributed by atoms with Gasteiger partial charge in [0.2, 0.25) is 5.91 Å². The van der Waals surface area contributed by atoms with Crippen molar-refractivity contribution in [1.82, 2.24) is 14.7 Å². The van der Waals surface area contributed by atoms with Crippen LogP contribution in [0.25, 0.3) is 0 Å². The standard InChI is InChI=1S/C16H17F2N3O2/c1-20-8-10(7-19-20)4-16(23)21-9-12(22)6-15(21)11-2-3-13(17)14(18)5-11/h2-3,5,7-8,12,15,22H,4,6,9H2,1H3/t12-,15-/m1/s1. The van der Waals surface area contributed by atoms with Gasteiger partial charge in [0.15, 0.2) is 11.6 Å². The number of aromatic nitrogens is 2. The molecule has 1 aromatic carbocycles. The molecule has 1 aromatic heterocycles. The molecule has 1 amide bonds. The summed E-state index contributed by atoms with van der Waals surface area (Å²) >= 11 is 0. The van der Waals surface area contributed by atoms with Gasteiger partial charge in [0.1, 0.15) is 0 Å². The highest BCUT2D eigenvalue weighted by molar-refractivity contribution is 5.79. The van der Waals surface area contributed by atoms with Crippen LogP contribution in [-0.2, 0) is 18.3 Å². The van der Waals surface area contributed by atoms with Gasteiger partial charge in [-0.25, -0.2) is 8.78 Å². The summed E-state index contributed by atoms with van der Waals surface area (Å²) in [7, 11) is 1.76. The zero-order valence-electron chi connectivity index (χ0n) is 12.6. The molecule has 5 nitrogen and oxygen atoms in total. The van der Waals surface area contributed by atoms with E-state index in [1.807, 2.05) is 0 Å². The molecule has 122 valence electrons. The van der Waals surface area contributed by atoms with Crippen LogP contribution < -0.4 is 0 Å². The summed E-state index contributed by atoms with van der Waals surface area (Å²) in [5, 5.41) is 13.9. The number of nitrogens with zero attached hydrogens (tertiary/aromatic N) is 3. The number of likely N-dealkylation sites (tertiary alicyclic amines) is 1. The molecule has 1 aliphatic rings. The van der Waals surface area contributed by atoms with Crippen molar-refractivity contribution in [3.63, 3.8) is 0 Å². The quantitative estimate of drug-likeness (QED) is 0.934. The highest BCUT2D eigenvalue weighted by atomic mass is 19.2. The third-order valence-electron chi connectivity index (χ3n) is 4.04. The van der Waals surface area contributed by atoms with Gasteiger partial charge in [-0.05, 0) is 29.7 Å². The Hall–Kier alpha value is -2.28. The van der Waals surface area contributed by atoms with Gasteiger partial charge in [-0.3, -0.25) is 9.48 Å². The maximum atomic E-state index is 13.5. The van der Waals surface area contributed by atoms with E-state index < -0.39 is 23.8 Å². The Labute approximate surface area is 132 Å². The van der Waals surface area contributed by atoms with Gasteiger partial charge in [0.05, 0.1) is 24.8 Å². The Morgan fingerprint density at radius 3 is 2.83 bits per heavy atom. The van der Waals surface area contributed by atoms with E-state index in [1.165, 1.54) is 11.0 Å². The first-order valence-corrected chi connectivity index (χ1v) is 7.34. The predicted octanol–water partition coefficient (Wildman–Crippen LogP) is 1.58. The average molecular weight is 321 g/mol. The van der Waals surface area contributed by atoms with E-state index in [1.54, 1.807) is 24.1 Å². The van der Waals surface area contributed by atoms with E-state index in [-0.39, 0.29) is 18.9 Å². The number of carbonyl (C=O) groups excluding carboxylic acids is 1. The van der Waals surface area contributed by atoms with E-state index in [0.717, 1.165) is 17.7 Å².